The van der Waals surface area contributed by atoms with Crippen molar-refractivity contribution in [3.8, 4) is 11.5 Å². The Balaban J connectivity index is 2.00. The van der Waals surface area contributed by atoms with Crippen LogP contribution in [0.4, 0.5) is 11.4 Å². The van der Waals surface area contributed by atoms with Gasteiger partial charge in [-0.05, 0) is 43.2 Å². The van der Waals surface area contributed by atoms with Gasteiger partial charge in [-0.3, -0.25) is 4.79 Å². The molecule has 5 heteroatoms. The predicted molar refractivity (Wildman–Crippen MR) is 105 cm³/mol. The molecule has 1 amide bonds. The number of ether oxygens (including phenoxy) is 2. The summed E-state index contributed by atoms with van der Waals surface area (Å²) in [5.41, 5.74) is 4.17. The van der Waals surface area contributed by atoms with E-state index in [2.05, 4.69) is 48.3 Å². The van der Waals surface area contributed by atoms with Crippen LogP contribution in [0.15, 0.2) is 36.4 Å². The van der Waals surface area contributed by atoms with Gasteiger partial charge in [0, 0.05) is 42.9 Å². The Hall–Kier alpha value is -2.69. The molecule has 3 rings (SSSR count). The topological polar surface area (TPSA) is 50.8 Å². The van der Waals surface area contributed by atoms with Crippen molar-refractivity contribution in [2.75, 3.05) is 37.5 Å². The Kier molecular flexibility index (Phi) is 5.35. The van der Waals surface area contributed by atoms with Gasteiger partial charge < -0.3 is 19.7 Å². The molecule has 0 unspecified atom stereocenters. The van der Waals surface area contributed by atoms with E-state index >= 15 is 0 Å². The lowest BCUT2D eigenvalue weighted by molar-refractivity contribution is -0.116. The number of methoxy groups -OCH3 is 2. The second-order valence-corrected chi connectivity index (χ2v) is 6.36. The number of amides is 1. The van der Waals surface area contributed by atoms with E-state index in [1.807, 2.05) is 12.1 Å². The van der Waals surface area contributed by atoms with Crippen LogP contribution in [0.1, 0.15) is 37.3 Å². The third kappa shape index (κ3) is 3.34. The summed E-state index contributed by atoms with van der Waals surface area (Å²) in [6.45, 7) is 6.25. The zero-order valence-corrected chi connectivity index (χ0v) is 15.8. The number of carbonyl (C=O) groups excluding carboxylic acids is 1. The smallest absolute Gasteiger partial charge is 0.225 e. The molecule has 0 saturated carbocycles. The third-order valence-electron chi connectivity index (χ3n) is 5.02. The standard InChI is InChI=1S/C21H26N2O3/c1-5-23(6-2)15-9-7-14(8-10-15)16-12-21(24)22-18-13-20(26-4)19(25-3)11-17(16)18/h7-11,13,16H,5-6,12H2,1-4H3,(H,22,24)/t16-/m1/s1. The van der Waals surface area contributed by atoms with E-state index in [0.29, 0.717) is 17.9 Å². The summed E-state index contributed by atoms with van der Waals surface area (Å²) in [5, 5.41) is 2.95. The minimum atomic E-state index is 0.00399. The van der Waals surface area contributed by atoms with Gasteiger partial charge in [-0.1, -0.05) is 12.1 Å². The zero-order chi connectivity index (χ0) is 18.7. The Labute approximate surface area is 154 Å². The van der Waals surface area contributed by atoms with Gasteiger partial charge in [0.25, 0.3) is 0 Å². The van der Waals surface area contributed by atoms with E-state index in [0.717, 1.165) is 29.9 Å². The highest BCUT2D eigenvalue weighted by molar-refractivity contribution is 5.96. The van der Waals surface area contributed by atoms with Gasteiger partial charge in [-0.2, -0.15) is 0 Å². The number of benzene rings is 2. The van der Waals surface area contributed by atoms with E-state index < -0.39 is 0 Å². The summed E-state index contributed by atoms with van der Waals surface area (Å²) in [6, 6.07) is 12.3. The molecule has 0 radical (unpaired) electrons. The SMILES string of the molecule is CCN(CC)c1ccc([C@H]2CC(=O)Nc3cc(OC)c(OC)cc32)cc1. The Morgan fingerprint density at radius 3 is 2.23 bits per heavy atom. The maximum Gasteiger partial charge on any atom is 0.225 e. The second kappa shape index (κ2) is 7.68. The number of anilines is 2. The van der Waals surface area contributed by atoms with Crippen LogP contribution in [-0.2, 0) is 4.79 Å². The number of fused-ring (bicyclic) bond motifs is 1. The van der Waals surface area contributed by atoms with Crippen molar-refractivity contribution in [1.29, 1.82) is 0 Å². The molecule has 0 spiro atoms. The summed E-state index contributed by atoms with van der Waals surface area (Å²) in [5.74, 6) is 1.31. The molecule has 1 atom stereocenters. The molecule has 26 heavy (non-hydrogen) atoms. The molecular weight excluding hydrogens is 328 g/mol. The fourth-order valence-electron chi connectivity index (χ4n) is 3.59. The van der Waals surface area contributed by atoms with Gasteiger partial charge in [0.05, 0.1) is 14.2 Å². The van der Waals surface area contributed by atoms with E-state index in [1.54, 1.807) is 14.2 Å². The molecule has 5 nitrogen and oxygen atoms in total. The number of nitrogens with one attached hydrogen (secondary N) is 1. The lowest BCUT2D eigenvalue weighted by atomic mass is 9.84. The summed E-state index contributed by atoms with van der Waals surface area (Å²) in [6.07, 6.45) is 0.424. The van der Waals surface area contributed by atoms with Crippen LogP contribution >= 0.6 is 0 Å². The Bertz CT molecular complexity index is 783. The fourth-order valence-corrected chi connectivity index (χ4v) is 3.59. The minimum absolute atomic E-state index is 0.00399. The first-order chi connectivity index (χ1) is 12.6. The number of hydrogen-bond donors (Lipinski definition) is 1. The molecule has 2 aromatic rings. The number of nitrogens with zero attached hydrogens (tertiary/aromatic N) is 1. The van der Waals surface area contributed by atoms with Crippen molar-refractivity contribution in [3.05, 3.63) is 47.5 Å². The number of rotatable bonds is 6. The molecule has 1 N–H and O–H groups in total. The van der Waals surface area contributed by atoms with Crippen LogP contribution in [0.3, 0.4) is 0 Å². The van der Waals surface area contributed by atoms with Crippen LogP contribution in [0, 0.1) is 0 Å². The first-order valence-electron chi connectivity index (χ1n) is 9.01. The molecule has 0 fully saturated rings. The van der Waals surface area contributed by atoms with Crippen molar-refractivity contribution in [3.63, 3.8) is 0 Å². The Morgan fingerprint density at radius 1 is 1.04 bits per heavy atom. The van der Waals surface area contributed by atoms with Crippen LogP contribution in [0.25, 0.3) is 0 Å². The molecule has 1 heterocycles. The zero-order valence-electron chi connectivity index (χ0n) is 15.8. The summed E-state index contributed by atoms with van der Waals surface area (Å²) >= 11 is 0. The molecule has 0 aliphatic carbocycles. The second-order valence-electron chi connectivity index (χ2n) is 6.36. The van der Waals surface area contributed by atoms with Gasteiger partial charge in [-0.15, -0.1) is 0 Å². The van der Waals surface area contributed by atoms with E-state index in [9.17, 15) is 4.79 Å². The highest BCUT2D eigenvalue weighted by Crippen LogP contribution is 2.43. The summed E-state index contributed by atoms with van der Waals surface area (Å²) < 4.78 is 10.8. The molecule has 1 aliphatic rings. The third-order valence-corrected chi connectivity index (χ3v) is 5.02. The van der Waals surface area contributed by atoms with E-state index in [1.165, 1.54) is 5.69 Å². The monoisotopic (exact) mass is 354 g/mol. The van der Waals surface area contributed by atoms with Gasteiger partial charge in [0.15, 0.2) is 11.5 Å². The average Bonchev–Trinajstić information content (AvgIpc) is 2.67. The lowest BCUT2D eigenvalue weighted by Gasteiger charge is -2.28. The highest BCUT2D eigenvalue weighted by Gasteiger charge is 2.28. The van der Waals surface area contributed by atoms with E-state index in [4.69, 9.17) is 9.47 Å². The largest absolute Gasteiger partial charge is 0.493 e. The van der Waals surface area contributed by atoms with Crippen LogP contribution in [-0.4, -0.2) is 33.2 Å². The van der Waals surface area contributed by atoms with Crippen molar-refractivity contribution >= 4 is 17.3 Å². The van der Waals surface area contributed by atoms with Crippen LogP contribution in [0.5, 0.6) is 11.5 Å². The molecule has 2 aromatic carbocycles. The molecule has 0 aromatic heterocycles. The quantitative estimate of drug-likeness (QED) is 0.851. The average molecular weight is 354 g/mol. The van der Waals surface area contributed by atoms with Crippen molar-refractivity contribution in [2.24, 2.45) is 0 Å². The maximum absolute atomic E-state index is 12.2. The van der Waals surface area contributed by atoms with Gasteiger partial charge >= 0.3 is 0 Å². The summed E-state index contributed by atoms with van der Waals surface area (Å²) in [4.78, 5) is 14.5. The van der Waals surface area contributed by atoms with Crippen LogP contribution < -0.4 is 19.7 Å². The van der Waals surface area contributed by atoms with Gasteiger partial charge in [-0.25, -0.2) is 0 Å². The highest BCUT2D eigenvalue weighted by atomic mass is 16.5. The van der Waals surface area contributed by atoms with E-state index in [-0.39, 0.29) is 11.8 Å². The molecule has 1 aliphatic heterocycles. The maximum atomic E-state index is 12.2. The number of hydrogen-bond acceptors (Lipinski definition) is 4. The van der Waals surface area contributed by atoms with Gasteiger partial charge in [0.1, 0.15) is 0 Å². The predicted octanol–water partition coefficient (Wildman–Crippen LogP) is 4.02. The first-order valence-corrected chi connectivity index (χ1v) is 9.01. The normalized spacial score (nSPS) is 15.8. The number of carbonyl (C=O) groups is 1. The van der Waals surface area contributed by atoms with Gasteiger partial charge in [0.2, 0.25) is 5.91 Å². The summed E-state index contributed by atoms with van der Waals surface area (Å²) in [7, 11) is 3.22. The van der Waals surface area contributed by atoms with Crippen LogP contribution in [0.2, 0.25) is 0 Å². The lowest BCUT2D eigenvalue weighted by Crippen LogP contribution is -2.24. The fraction of sp³-hybridized carbons (Fsp3) is 0.381. The van der Waals surface area contributed by atoms with Crippen molar-refractivity contribution in [1.82, 2.24) is 0 Å². The molecule has 0 saturated heterocycles. The first kappa shape index (κ1) is 18.1. The Morgan fingerprint density at radius 2 is 1.65 bits per heavy atom. The minimum Gasteiger partial charge on any atom is -0.493 e. The molecular formula is C21H26N2O3. The van der Waals surface area contributed by atoms with Crippen molar-refractivity contribution < 1.29 is 14.3 Å². The molecule has 138 valence electrons. The van der Waals surface area contributed by atoms with Crippen molar-refractivity contribution in [2.45, 2.75) is 26.2 Å². The molecule has 0 bridgehead atoms.